The van der Waals surface area contributed by atoms with Crippen LogP contribution >= 0.6 is 59.6 Å². The first kappa shape index (κ1) is 25.6. The molecule has 1 aliphatic rings. The molecule has 0 spiro atoms. The van der Waals surface area contributed by atoms with Gasteiger partial charge in [0.2, 0.25) is 0 Å². The topological polar surface area (TPSA) is 89.7 Å². The summed E-state index contributed by atoms with van der Waals surface area (Å²) in [5.74, 6) is 0.198. The fourth-order valence-corrected chi connectivity index (χ4v) is 5.95. The molecule has 1 fully saturated rings. The van der Waals surface area contributed by atoms with Crippen molar-refractivity contribution < 1.29 is 19.2 Å². The first-order valence-electron chi connectivity index (χ1n) is 10.1. The van der Waals surface area contributed by atoms with Crippen LogP contribution in [-0.4, -0.2) is 21.0 Å². The van der Waals surface area contributed by atoms with E-state index < -0.39 is 4.92 Å². The summed E-state index contributed by atoms with van der Waals surface area (Å²) in [5.41, 5.74) is 2.34. The van der Waals surface area contributed by atoms with E-state index in [0.29, 0.717) is 25.2 Å². The Bertz CT molecular complexity index is 1340. The number of nitro groups is 1. The van der Waals surface area contributed by atoms with Crippen LogP contribution in [0.3, 0.4) is 0 Å². The lowest BCUT2D eigenvalue weighted by atomic mass is 10.2. The molecule has 0 radical (unpaired) electrons. The van der Waals surface area contributed by atoms with Gasteiger partial charge in [-0.25, -0.2) is 0 Å². The van der Waals surface area contributed by atoms with Crippen molar-refractivity contribution in [3.05, 3.63) is 106 Å². The van der Waals surface area contributed by atoms with Crippen LogP contribution in [0.15, 0.2) is 79.0 Å². The van der Waals surface area contributed by atoms with Gasteiger partial charge in [0.15, 0.2) is 0 Å². The third-order valence-corrected chi connectivity index (χ3v) is 7.87. The van der Waals surface area contributed by atoms with Crippen LogP contribution in [0.4, 0.5) is 10.5 Å². The normalized spacial score (nSPS) is 14.6. The number of carbonyl (C=O) groups is 2. The highest BCUT2D eigenvalue weighted by molar-refractivity contribution is 9.11. The number of benzene rings is 3. The van der Waals surface area contributed by atoms with E-state index in [1.807, 2.05) is 24.3 Å². The Balaban J connectivity index is 1.48. The number of amides is 2. The summed E-state index contributed by atoms with van der Waals surface area (Å²) in [4.78, 5) is 37.3. The van der Waals surface area contributed by atoms with Gasteiger partial charge in [0.05, 0.1) is 25.3 Å². The molecule has 0 aliphatic carbocycles. The van der Waals surface area contributed by atoms with Crippen molar-refractivity contribution in [1.82, 2.24) is 4.90 Å². The number of imide groups is 1. The summed E-state index contributed by atoms with van der Waals surface area (Å²) in [6.45, 7) is 0.398. The van der Waals surface area contributed by atoms with Gasteiger partial charge in [0, 0.05) is 16.6 Å². The first-order chi connectivity index (χ1) is 16.7. The van der Waals surface area contributed by atoms with E-state index >= 15 is 0 Å². The molecule has 0 atom stereocenters. The van der Waals surface area contributed by atoms with E-state index in [0.717, 1.165) is 27.4 Å². The molecular weight excluding hydrogens is 668 g/mol. The Hall–Kier alpha value is -2.47. The van der Waals surface area contributed by atoms with E-state index in [9.17, 15) is 19.7 Å². The van der Waals surface area contributed by atoms with Crippen LogP contribution in [0, 0.1) is 10.1 Å². The molecule has 0 bridgehead atoms. The minimum absolute atomic E-state index is 0.0151. The SMILES string of the molecule is O=C1S/C(=C\c2cc(Br)c(OCc3ccc([N+](=O)[O-])cc3)c(Br)c2)C(=O)N1Cc1ccccc1Br. The average Bonchev–Trinajstić information content (AvgIpc) is 3.07. The van der Waals surface area contributed by atoms with Crippen molar-refractivity contribution in [2.75, 3.05) is 0 Å². The Kier molecular flexibility index (Phi) is 8.10. The molecule has 0 N–H and O–H groups in total. The maximum atomic E-state index is 12.9. The van der Waals surface area contributed by atoms with Gasteiger partial charge in [0.1, 0.15) is 12.4 Å². The number of thioether (sulfide) groups is 1. The van der Waals surface area contributed by atoms with Crippen LogP contribution < -0.4 is 4.74 Å². The van der Waals surface area contributed by atoms with Crippen LogP contribution in [0.1, 0.15) is 16.7 Å². The molecule has 1 saturated heterocycles. The predicted molar refractivity (Wildman–Crippen MR) is 145 cm³/mol. The van der Waals surface area contributed by atoms with Gasteiger partial charge in [-0.3, -0.25) is 24.6 Å². The molecule has 3 aromatic carbocycles. The van der Waals surface area contributed by atoms with Gasteiger partial charge in [0.25, 0.3) is 16.8 Å². The van der Waals surface area contributed by atoms with Gasteiger partial charge in [-0.1, -0.05) is 34.1 Å². The van der Waals surface area contributed by atoms with E-state index in [1.165, 1.54) is 17.0 Å². The quantitative estimate of drug-likeness (QED) is 0.144. The highest BCUT2D eigenvalue weighted by Gasteiger charge is 2.35. The van der Waals surface area contributed by atoms with Crippen molar-refractivity contribution in [3.63, 3.8) is 0 Å². The van der Waals surface area contributed by atoms with E-state index in [2.05, 4.69) is 47.8 Å². The van der Waals surface area contributed by atoms with E-state index in [1.54, 1.807) is 30.3 Å². The maximum Gasteiger partial charge on any atom is 0.293 e. The van der Waals surface area contributed by atoms with Gasteiger partial charge >= 0.3 is 0 Å². The van der Waals surface area contributed by atoms with Crippen LogP contribution in [0.2, 0.25) is 0 Å². The first-order valence-corrected chi connectivity index (χ1v) is 13.3. The lowest BCUT2D eigenvalue weighted by Crippen LogP contribution is -2.27. The largest absolute Gasteiger partial charge is 0.487 e. The van der Waals surface area contributed by atoms with Crippen molar-refractivity contribution in [3.8, 4) is 5.75 Å². The monoisotopic (exact) mass is 680 g/mol. The number of hydrogen-bond donors (Lipinski definition) is 0. The number of ether oxygens (including phenoxy) is 1. The lowest BCUT2D eigenvalue weighted by Gasteiger charge is -2.13. The van der Waals surface area contributed by atoms with Crippen molar-refractivity contribution in [2.45, 2.75) is 13.2 Å². The molecule has 0 aromatic heterocycles. The summed E-state index contributed by atoms with van der Waals surface area (Å²) >= 11 is 11.3. The zero-order valence-electron chi connectivity index (χ0n) is 17.7. The van der Waals surface area contributed by atoms with Gasteiger partial charge in [-0.2, -0.15) is 0 Å². The molecule has 4 rings (SSSR count). The third-order valence-electron chi connectivity index (χ3n) is 5.01. The Labute approximate surface area is 230 Å². The number of non-ortho nitro benzene ring substituents is 1. The highest BCUT2D eigenvalue weighted by atomic mass is 79.9. The second kappa shape index (κ2) is 11.1. The smallest absolute Gasteiger partial charge is 0.293 e. The lowest BCUT2D eigenvalue weighted by molar-refractivity contribution is -0.384. The predicted octanol–water partition coefficient (Wildman–Crippen LogP) is 7.70. The van der Waals surface area contributed by atoms with E-state index in [4.69, 9.17) is 4.74 Å². The maximum absolute atomic E-state index is 12.9. The third kappa shape index (κ3) is 6.03. The Morgan fingerprint density at radius 2 is 1.63 bits per heavy atom. The number of nitro benzene ring substituents is 1. The van der Waals surface area contributed by atoms with E-state index in [-0.39, 0.29) is 30.0 Å². The zero-order valence-corrected chi connectivity index (χ0v) is 23.3. The van der Waals surface area contributed by atoms with Crippen molar-refractivity contribution in [2.24, 2.45) is 0 Å². The minimum Gasteiger partial charge on any atom is -0.487 e. The standard InChI is InChI=1S/C24H15Br3N2O5S/c25-18-4-2-1-3-16(18)12-28-23(30)21(35-24(28)31)11-15-9-19(26)22(20(27)10-15)34-13-14-5-7-17(8-6-14)29(32)33/h1-11H,12-13H2/b21-11-. The van der Waals surface area contributed by atoms with Gasteiger partial charge in [-0.05, 0) is 96.7 Å². The highest BCUT2D eigenvalue weighted by Crippen LogP contribution is 2.38. The fraction of sp³-hybridized carbons (Fsp3) is 0.0833. The summed E-state index contributed by atoms with van der Waals surface area (Å²) in [7, 11) is 0. The van der Waals surface area contributed by atoms with Crippen molar-refractivity contribution >= 4 is 82.5 Å². The summed E-state index contributed by atoms with van der Waals surface area (Å²) in [5, 5.41) is 10.5. The van der Waals surface area contributed by atoms with Crippen LogP contribution in [-0.2, 0) is 17.9 Å². The molecule has 35 heavy (non-hydrogen) atoms. The molecule has 0 saturated carbocycles. The summed E-state index contributed by atoms with van der Waals surface area (Å²) < 4.78 is 8.01. The van der Waals surface area contributed by atoms with Crippen molar-refractivity contribution in [1.29, 1.82) is 0 Å². The average molecular weight is 683 g/mol. The Morgan fingerprint density at radius 1 is 0.971 bits per heavy atom. The number of nitrogens with zero attached hydrogens (tertiary/aromatic N) is 2. The number of rotatable bonds is 7. The molecule has 2 amide bonds. The zero-order chi connectivity index (χ0) is 25.1. The number of halogens is 3. The summed E-state index contributed by atoms with van der Waals surface area (Å²) in [6.07, 6.45) is 1.67. The molecular formula is C24H15Br3N2O5S. The number of carbonyl (C=O) groups excluding carboxylic acids is 2. The Morgan fingerprint density at radius 3 is 2.26 bits per heavy atom. The van der Waals surface area contributed by atoms with Crippen LogP contribution in [0.5, 0.6) is 5.75 Å². The molecule has 1 aliphatic heterocycles. The number of hydrogen-bond acceptors (Lipinski definition) is 6. The van der Waals surface area contributed by atoms with Crippen LogP contribution in [0.25, 0.3) is 6.08 Å². The molecule has 11 heteroatoms. The fourth-order valence-electron chi connectivity index (χ4n) is 3.25. The molecule has 7 nitrogen and oxygen atoms in total. The second-order valence-corrected chi connectivity index (χ2v) is 10.9. The minimum atomic E-state index is -0.453. The van der Waals surface area contributed by atoms with Gasteiger partial charge in [-0.15, -0.1) is 0 Å². The molecule has 0 unspecified atom stereocenters. The second-order valence-electron chi connectivity index (χ2n) is 7.39. The molecule has 3 aromatic rings. The summed E-state index contributed by atoms with van der Waals surface area (Å²) in [6, 6.07) is 17.2. The molecule has 178 valence electrons. The van der Waals surface area contributed by atoms with Gasteiger partial charge < -0.3 is 4.74 Å². The molecule has 1 heterocycles.